The zero-order chi connectivity index (χ0) is 29.5. The SMILES string of the molecule is COc1cc(N2CCN(C)CC2)ccc1Nc1ncc(C(F)(F)F)c(CCc2cccc3c2C(C)(C)C(=O)N3C)n1. The third-order valence-electron chi connectivity index (χ3n) is 8.06. The van der Waals surface area contributed by atoms with Gasteiger partial charge in [-0.25, -0.2) is 9.97 Å². The minimum Gasteiger partial charge on any atom is -0.494 e. The average molecular weight is 569 g/mol. The molecule has 0 saturated carbocycles. The number of halogens is 3. The quantitative estimate of drug-likeness (QED) is 0.428. The Morgan fingerprint density at radius 3 is 2.46 bits per heavy atom. The number of rotatable bonds is 7. The van der Waals surface area contributed by atoms with E-state index in [1.54, 1.807) is 19.1 Å². The standard InChI is InChI=1S/C30H35F3N6O2/c1-29(2)26-19(7-6-8-24(26)38(4)27(29)40)9-11-22-21(30(31,32)33)18-34-28(35-22)36-23-12-10-20(17-25(23)41-5)39-15-13-37(3)14-16-39/h6-8,10,12,17-18H,9,11,13-16H2,1-5H3,(H,34,35,36). The van der Waals surface area contributed by atoms with Crippen molar-refractivity contribution in [3.63, 3.8) is 0 Å². The largest absolute Gasteiger partial charge is 0.494 e. The number of likely N-dealkylation sites (N-methyl/N-ethyl adjacent to an activating group) is 2. The molecule has 218 valence electrons. The summed E-state index contributed by atoms with van der Waals surface area (Å²) >= 11 is 0. The van der Waals surface area contributed by atoms with Crippen molar-refractivity contribution in [2.45, 2.75) is 38.3 Å². The monoisotopic (exact) mass is 568 g/mol. The molecule has 1 aromatic heterocycles. The van der Waals surface area contributed by atoms with Crippen molar-refractivity contribution in [2.75, 3.05) is 62.5 Å². The molecule has 3 aromatic rings. The van der Waals surface area contributed by atoms with Gasteiger partial charge in [0.25, 0.3) is 0 Å². The fourth-order valence-electron chi connectivity index (χ4n) is 5.75. The van der Waals surface area contributed by atoms with E-state index < -0.39 is 17.2 Å². The molecule has 11 heteroatoms. The lowest BCUT2D eigenvalue weighted by Gasteiger charge is -2.34. The van der Waals surface area contributed by atoms with E-state index in [1.165, 1.54) is 0 Å². The number of methoxy groups -OCH3 is 1. The fourth-order valence-corrected chi connectivity index (χ4v) is 5.75. The number of nitrogens with one attached hydrogen (secondary N) is 1. The van der Waals surface area contributed by atoms with Crippen molar-refractivity contribution < 1.29 is 22.7 Å². The lowest BCUT2D eigenvalue weighted by molar-refractivity contribution is -0.138. The Balaban J connectivity index is 1.41. The summed E-state index contributed by atoms with van der Waals surface area (Å²) < 4.78 is 47.5. The second-order valence-electron chi connectivity index (χ2n) is 11.2. The first-order valence-corrected chi connectivity index (χ1v) is 13.6. The van der Waals surface area contributed by atoms with Crippen LogP contribution in [0.15, 0.2) is 42.6 Å². The van der Waals surface area contributed by atoms with E-state index in [0.717, 1.165) is 54.9 Å². The van der Waals surface area contributed by atoms with Crippen molar-refractivity contribution in [2.24, 2.45) is 0 Å². The van der Waals surface area contributed by atoms with Crippen LogP contribution < -0.4 is 19.9 Å². The highest BCUT2D eigenvalue weighted by Gasteiger charge is 2.43. The molecule has 0 atom stereocenters. The number of aryl methyl sites for hydroxylation is 2. The molecule has 1 amide bonds. The summed E-state index contributed by atoms with van der Waals surface area (Å²) in [5.41, 5.74) is 2.27. The Bertz CT molecular complexity index is 1450. The summed E-state index contributed by atoms with van der Waals surface area (Å²) in [6.07, 6.45) is -3.47. The molecule has 3 heterocycles. The number of anilines is 4. The van der Waals surface area contributed by atoms with Crippen LogP contribution in [0.2, 0.25) is 0 Å². The summed E-state index contributed by atoms with van der Waals surface area (Å²) in [7, 11) is 5.36. The summed E-state index contributed by atoms with van der Waals surface area (Å²) in [4.78, 5) is 27.3. The maximum Gasteiger partial charge on any atom is 0.419 e. The number of carbonyl (C=O) groups is 1. The van der Waals surface area contributed by atoms with Crippen molar-refractivity contribution in [3.05, 3.63) is 65.0 Å². The van der Waals surface area contributed by atoms with Crippen molar-refractivity contribution in [3.8, 4) is 5.75 Å². The summed E-state index contributed by atoms with van der Waals surface area (Å²) in [5, 5.41) is 3.05. The number of hydrogen-bond acceptors (Lipinski definition) is 7. The minimum absolute atomic E-state index is 0.0238. The smallest absolute Gasteiger partial charge is 0.419 e. The van der Waals surface area contributed by atoms with E-state index in [2.05, 4.69) is 32.1 Å². The molecule has 0 aliphatic carbocycles. The van der Waals surface area contributed by atoms with Gasteiger partial charge < -0.3 is 24.8 Å². The molecule has 5 rings (SSSR count). The van der Waals surface area contributed by atoms with Crippen molar-refractivity contribution >= 4 is 28.9 Å². The van der Waals surface area contributed by atoms with Crippen LogP contribution in [0.1, 0.15) is 36.2 Å². The van der Waals surface area contributed by atoms with Crippen LogP contribution >= 0.6 is 0 Å². The number of amides is 1. The number of fused-ring (bicyclic) bond motifs is 1. The highest BCUT2D eigenvalue weighted by molar-refractivity contribution is 6.07. The maximum absolute atomic E-state index is 14.0. The third kappa shape index (κ3) is 5.55. The molecule has 41 heavy (non-hydrogen) atoms. The van der Waals surface area contributed by atoms with Gasteiger partial charge in [0.05, 0.1) is 29.5 Å². The molecule has 1 saturated heterocycles. The Labute approximate surface area is 238 Å². The topological polar surface area (TPSA) is 73.8 Å². The van der Waals surface area contributed by atoms with Crippen molar-refractivity contribution in [1.29, 1.82) is 0 Å². The van der Waals surface area contributed by atoms with Gasteiger partial charge in [0.1, 0.15) is 5.75 Å². The number of hydrogen-bond donors (Lipinski definition) is 1. The molecule has 1 fully saturated rings. The zero-order valence-electron chi connectivity index (χ0n) is 24.0. The van der Waals surface area contributed by atoms with Gasteiger partial charge in [0.2, 0.25) is 11.9 Å². The molecule has 2 aromatic carbocycles. The van der Waals surface area contributed by atoms with Gasteiger partial charge in [-0.2, -0.15) is 13.2 Å². The number of carbonyl (C=O) groups excluding carboxylic acids is 1. The number of benzene rings is 2. The van der Waals surface area contributed by atoms with E-state index in [9.17, 15) is 18.0 Å². The number of aromatic nitrogens is 2. The van der Waals surface area contributed by atoms with Crippen molar-refractivity contribution in [1.82, 2.24) is 14.9 Å². The van der Waals surface area contributed by atoms with Crippen LogP contribution in [0.3, 0.4) is 0 Å². The molecule has 0 radical (unpaired) electrons. The molecular formula is C30H35F3N6O2. The zero-order valence-corrected chi connectivity index (χ0v) is 24.0. The van der Waals surface area contributed by atoms with Gasteiger partial charge in [-0.15, -0.1) is 0 Å². The van der Waals surface area contributed by atoms with E-state index in [-0.39, 0.29) is 30.4 Å². The normalized spacial score (nSPS) is 17.1. The second kappa shape index (κ2) is 10.8. The first-order valence-electron chi connectivity index (χ1n) is 13.6. The summed E-state index contributed by atoms with van der Waals surface area (Å²) in [5.74, 6) is 0.548. The lowest BCUT2D eigenvalue weighted by Crippen LogP contribution is -2.44. The first kappa shape index (κ1) is 28.7. The van der Waals surface area contributed by atoms with Gasteiger partial charge >= 0.3 is 6.18 Å². The molecule has 2 aliphatic heterocycles. The fraction of sp³-hybridized carbons (Fsp3) is 0.433. The lowest BCUT2D eigenvalue weighted by atomic mass is 9.82. The molecule has 0 bridgehead atoms. The van der Waals surface area contributed by atoms with Crippen LogP contribution in [0, 0.1) is 0 Å². The summed E-state index contributed by atoms with van der Waals surface area (Å²) in [6.45, 7) is 7.39. The molecular weight excluding hydrogens is 533 g/mol. The van der Waals surface area contributed by atoms with Crippen LogP contribution in [-0.2, 0) is 29.2 Å². The molecule has 2 aliphatic rings. The van der Waals surface area contributed by atoms with Crippen LogP contribution in [-0.4, -0.2) is 68.2 Å². The molecule has 1 N–H and O–H groups in total. The van der Waals surface area contributed by atoms with E-state index in [4.69, 9.17) is 4.74 Å². The van der Waals surface area contributed by atoms with Gasteiger partial charge in [-0.05, 0) is 63.1 Å². The third-order valence-corrected chi connectivity index (χ3v) is 8.06. The van der Waals surface area contributed by atoms with Crippen LogP contribution in [0.25, 0.3) is 0 Å². The van der Waals surface area contributed by atoms with Crippen LogP contribution in [0.5, 0.6) is 5.75 Å². The Morgan fingerprint density at radius 1 is 1.05 bits per heavy atom. The minimum atomic E-state index is -4.61. The summed E-state index contributed by atoms with van der Waals surface area (Å²) in [6, 6.07) is 11.3. The van der Waals surface area contributed by atoms with E-state index >= 15 is 0 Å². The van der Waals surface area contributed by atoms with Crippen LogP contribution in [0.4, 0.5) is 36.2 Å². The predicted molar refractivity (Wildman–Crippen MR) is 153 cm³/mol. The predicted octanol–water partition coefficient (Wildman–Crippen LogP) is 5.04. The van der Waals surface area contributed by atoms with Gasteiger partial charge in [-0.1, -0.05) is 12.1 Å². The number of alkyl halides is 3. The van der Waals surface area contributed by atoms with E-state index in [0.29, 0.717) is 11.4 Å². The molecule has 0 unspecified atom stereocenters. The van der Waals surface area contributed by atoms with Gasteiger partial charge in [0.15, 0.2) is 0 Å². The second-order valence-corrected chi connectivity index (χ2v) is 11.2. The maximum atomic E-state index is 14.0. The molecule has 8 nitrogen and oxygen atoms in total. The van der Waals surface area contributed by atoms with E-state index in [1.807, 2.05) is 50.2 Å². The Hall–Kier alpha value is -3.86. The Morgan fingerprint density at radius 2 is 1.78 bits per heavy atom. The van der Waals surface area contributed by atoms with Gasteiger partial charge in [-0.3, -0.25) is 4.79 Å². The van der Waals surface area contributed by atoms with Gasteiger partial charge in [0, 0.05) is 56.9 Å². The number of ether oxygens (including phenoxy) is 1. The highest BCUT2D eigenvalue weighted by atomic mass is 19.4. The number of nitrogens with zero attached hydrogens (tertiary/aromatic N) is 5. The molecule has 0 spiro atoms. The average Bonchev–Trinajstić information content (AvgIpc) is 3.12. The first-order chi connectivity index (χ1) is 19.4. The number of piperazine rings is 1. The Kier molecular flexibility index (Phi) is 7.58. The highest BCUT2D eigenvalue weighted by Crippen LogP contribution is 2.43.